The van der Waals surface area contributed by atoms with Gasteiger partial charge in [-0.1, -0.05) is 18.2 Å². The number of hydrogen-bond acceptors (Lipinski definition) is 4. The summed E-state index contributed by atoms with van der Waals surface area (Å²) < 4.78 is 27.8. The fraction of sp³-hybridized carbons (Fsp3) is 0.0769. The number of pyridine rings is 1. The van der Waals surface area contributed by atoms with Gasteiger partial charge >= 0.3 is 0 Å². The quantitative estimate of drug-likeness (QED) is 0.800. The second-order valence-corrected chi connectivity index (χ2v) is 5.68. The van der Waals surface area contributed by atoms with Crippen molar-refractivity contribution in [3.8, 4) is 0 Å². The molecule has 0 radical (unpaired) electrons. The first-order chi connectivity index (χ1) is 9.09. The van der Waals surface area contributed by atoms with Crippen molar-refractivity contribution in [1.29, 1.82) is 0 Å². The Hall–Kier alpha value is -2.21. The summed E-state index contributed by atoms with van der Waals surface area (Å²) in [5, 5.41) is 0. The molecule has 2 heterocycles. The van der Waals surface area contributed by atoms with Crippen LogP contribution >= 0.6 is 0 Å². The van der Waals surface area contributed by atoms with Crippen molar-refractivity contribution in [3.63, 3.8) is 0 Å². The first-order valence-electron chi connectivity index (χ1n) is 5.71. The molecule has 0 unspecified atom stereocenters. The Morgan fingerprint density at radius 1 is 1.05 bits per heavy atom. The number of hydrogen-bond donors (Lipinski definition) is 0. The van der Waals surface area contributed by atoms with E-state index in [1.165, 1.54) is 6.07 Å². The predicted molar refractivity (Wildman–Crippen MR) is 73.1 cm³/mol. The van der Waals surface area contributed by atoms with Crippen LogP contribution in [0.2, 0.25) is 0 Å². The van der Waals surface area contributed by atoms with E-state index >= 15 is 0 Å². The van der Waals surface area contributed by atoms with E-state index in [0.717, 1.165) is 5.69 Å². The molecule has 6 heteroatoms. The van der Waals surface area contributed by atoms with Gasteiger partial charge in [-0.05, 0) is 31.2 Å². The lowest BCUT2D eigenvalue weighted by molar-refractivity contribution is 0.597. The third-order valence-electron chi connectivity index (χ3n) is 2.83. The lowest BCUT2D eigenvalue weighted by atomic mass is 10.2. The lowest BCUT2D eigenvalue weighted by Crippen LogP contribution is -2.30. The maximum atomic E-state index is 12.0. The van der Waals surface area contributed by atoms with E-state index in [1.807, 2.05) is 30.3 Å². The highest BCUT2D eigenvalue weighted by Crippen LogP contribution is 2.34. The summed E-state index contributed by atoms with van der Waals surface area (Å²) in [6.45, 7) is 1.65. The van der Waals surface area contributed by atoms with Crippen molar-refractivity contribution in [2.45, 2.75) is 11.8 Å². The Labute approximate surface area is 111 Å². The van der Waals surface area contributed by atoms with E-state index in [9.17, 15) is 8.42 Å². The van der Waals surface area contributed by atoms with E-state index in [1.54, 1.807) is 24.1 Å². The van der Waals surface area contributed by atoms with Crippen molar-refractivity contribution in [3.05, 3.63) is 48.7 Å². The molecular weight excluding hydrogens is 262 g/mol. The van der Waals surface area contributed by atoms with Gasteiger partial charge in [-0.25, -0.2) is 4.98 Å². The molecule has 2 aromatic rings. The van der Waals surface area contributed by atoms with Crippen LogP contribution in [0.5, 0.6) is 0 Å². The minimum absolute atomic E-state index is 0.129. The molecule has 0 spiro atoms. The summed E-state index contributed by atoms with van der Waals surface area (Å²) in [6, 6.07) is 12.5. The molecule has 3 rings (SSSR count). The number of benzene rings is 1. The number of amidine groups is 1. The molecule has 0 fully saturated rings. The second kappa shape index (κ2) is 4.17. The molecular formula is C13H11N3O2S. The van der Waals surface area contributed by atoms with Crippen LogP contribution in [0.3, 0.4) is 0 Å². The summed E-state index contributed by atoms with van der Waals surface area (Å²) in [5.41, 5.74) is 0.832. The Bertz CT molecular complexity index is 754. The first-order valence-corrected chi connectivity index (χ1v) is 7.15. The molecule has 19 heavy (non-hydrogen) atoms. The molecule has 1 aromatic heterocycles. The van der Waals surface area contributed by atoms with Crippen LogP contribution in [-0.2, 0) is 10.0 Å². The van der Waals surface area contributed by atoms with Gasteiger partial charge in [-0.15, -0.1) is 4.40 Å². The smallest absolute Gasteiger partial charge is 0.281 e. The highest BCUT2D eigenvalue weighted by molar-refractivity contribution is 7.90. The SMILES string of the molecule is CC1=NS(=O)(=O)c2cccnc2N1c1ccccc1. The summed E-state index contributed by atoms with van der Waals surface area (Å²) in [6.07, 6.45) is 1.57. The van der Waals surface area contributed by atoms with Crippen molar-refractivity contribution in [2.24, 2.45) is 4.40 Å². The molecule has 0 bridgehead atoms. The zero-order valence-electron chi connectivity index (χ0n) is 10.2. The minimum atomic E-state index is -3.65. The maximum absolute atomic E-state index is 12.0. The van der Waals surface area contributed by atoms with Gasteiger partial charge in [0.25, 0.3) is 10.0 Å². The Balaban J connectivity index is 2.28. The van der Waals surface area contributed by atoms with E-state index in [4.69, 9.17) is 0 Å². The van der Waals surface area contributed by atoms with Gasteiger partial charge in [-0.3, -0.25) is 4.90 Å². The Morgan fingerprint density at radius 2 is 1.79 bits per heavy atom. The van der Waals surface area contributed by atoms with Crippen LogP contribution in [0.25, 0.3) is 0 Å². The van der Waals surface area contributed by atoms with Gasteiger partial charge in [0.1, 0.15) is 10.7 Å². The number of rotatable bonds is 1. The summed E-state index contributed by atoms with van der Waals surface area (Å²) in [4.78, 5) is 6.05. The summed E-state index contributed by atoms with van der Waals surface area (Å²) in [7, 11) is -3.65. The Kier molecular flexibility index (Phi) is 2.60. The number of fused-ring (bicyclic) bond motifs is 1. The molecule has 0 saturated heterocycles. The van der Waals surface area contributed by atoms with Gasteiger partial charge in [0.2, 0.25) is 0 Å². The Morgan fingerprint density at radius 3 is 2.53 bits per heavy atom. The number of anilines is 2. The molecule has 1 aromatic carbocycles. The zero-order chi connectivity index (χ0) is 13.5. The monoisotopic (exact) mass is 273 g/mol. The average Bonchev–Trinajstić information content (AvgIpc) is 2.39. The summed E-state index contributed by atoms with van der Waals surface area (Å²) in [5.74, 6) is 0.776. The lowest BCUT2D eigenvalue weighted by Gasteiger charge is -2.27. The van der Waals surface area contributed by atoms with E-state index in [2.05, 4.69) is 9.38 Å². The standard InChI is InChI=1S/C13H11N3O2S/c1-10-15-19(17,18)12-8-5-9-14-13(12)16(10)11-6-3-2-4-7-11/h2-9H,1H3. The van der Waals surface area contributed by atoms with Gasteiger partial charge in [0.15, 0.2) is 5.82 Å². The van der Waals surface area contributed by atoms with Gasteiger partial charge in [0, 0.05) is 11.9 Å². The number of aromatic nitrogens is 1. The predicted octanol–water partition coefficient (Wildman–Crippen LogP) is 2.34. The zero-order valence-corrected chi connectivity index (χ0v) is 11.0. The van der Waals surface area contributed by atoms with Crippen LogP contribution in [0.4, 0.5) is 11.5 Å². The van der Waals surface area contributed by atoms with Crippen molar-refractivity contribution in [2.75, 3.05) is 4.90 Å². The summed E-state index contributed by atoms with van der Waals surface area (Å²) >= 11 is 0. The molecule has 0 aliphatic carbocycles. The number of para-hydroxylation sites is 1. The van der Waals surface area contributed by atoms with Crippen LogP contribution in [0.15, 0.2) is 58.0 Å². The van der Waals surface area contributed by atoms with Crippen LogP contribution in [0, 0.1) is 0 Å². The number of sulfonamides is 1. The molecule has 1 aliphatic heterocycles. The molecule has 0 amide bonds. The first kappa shape index (κ1) is 11.9. The average molecular weight is 273 g/mol. The molecule has 1 aliphatic rings. The van der Waals surface area contributed by atoms with E-state index < -0.39 is 10.0 Å². The molecule has 5 nitrogen and oxygen atoms in total. The van der Waals surface area contributed by atoms with Gasteiger partial charge < -0.3 is 0 Å². The fourth-order valence-electron chi connectivity index (χ4n) is 2.05. The highest BCUT2D eigenvalue weighted by atomic mass is 32.2. The van der Waals surface area contributed by atoms with Gasteiger partial charge in [-0.2, -0.15) is 8.42 Å². The fourth-order valence-corrected chi connectivity index (χ4v) is 3.21. The van der Waals surface area contributed by atoms with Crippen LogP contribution in [-0.4, -0.2) is 19.2 Å². The van der Waals surface area contributed by atoms with E-state index in [0.29, 0.717) is 11.7 Å². The molecule has 0 saturated carbocycles. The normalized spacial score (nSPS) is 16.7. The molecule has 0 N–H and O–H groups in total. The van der Waals surface area contributed by atoms with Crippen molar-refractivity contribution in [1.82, 2.24) is 4.98 Å². The molecule has 96 valence electrons. The van der Waals surface area contributed by atoms with Crippen molar-refractivity contribution < 1.29 is 8.42 Å². The topological polar surface area (TPSA) is 62.6 Å². The van der Waals surface area contributed by atoms with E-state index in [-0.39, 0.29) is 4.90 Å². The molecule has 0 atom stereocenters. The highest BCUT2D eigenvalue weighted by Gasteiger charge is 2.30. The third kappa shape index (κ3) is 1.90. The van der Waals surface area contributed by atoms with Crippen LogP contribution in [0.1, 0.15) is 6.92 Å². The van der Waals surface area contributed by atoms with Crippen LogP contribution < -0.4 is 4.90 Å². The number of nitrogens with zero attached hydrogens (tertiary/aromatic N) is 3. The maximum Gasteiger partial charge on any atom is 0.287 e. The second-order valence-electron chi connectivity index (χ2n) is 4.11. The minimum Gasteiger partial charge on any atom is -0.281 e. The van der Waals surface area contributed by atoms with Gasteiger partial charge in [0.05, 0.1) is 0 Å². The largest absolute Gasteiger partial charge is 0.287 e. The van der Waals surface area contributed by atoms with Crippen molar-refractivity contribution >= 4 is 27.4 Å². The third-order valence-corrected chi connectivity index (χ3v) is 4.21.